The van der Waals surface area contributed by atoms with Crippen LogP contribution in [-0.2, 0) is 9.53 Å². The Labute approximate surface area is 151 Å². The van der Waals surface area contributed by atoms with Gasteiger partial charge in [0.1, 0.15) is 0 Å². The Bertz CT molecular complexity index is 914. The second-order valence-electron chi connectivity index (χ2n) is 4.88. The predicted octanol–water partition coefficient (Wildman–Crippen LogP) is 3.03. The van der Waals surface area contributed by atoms with Crippen molar-refractivity contribution in [2.45, 2.75) is 0 Å². The fourth-order valence-corrected chi connectivity index (χ4v) is 2.57. The lowest BCUT2D eigenvalue weighted by atomic mass is 10.3. The number of esters is 1. The molecule has 6 nitrogen and oxygen atoms in total. The van der Waals surface area contributed by atoms with Crippen LogP contribution in [0, 0.1) is 3.57 Å². The first-order chi connectivity index (χ1) is 11.6. The van der Waals surface area contributed by atoms with E-state index >= 15 is 0 Å². The third-order valence-corrected chi connectivity index (χ3v) is 3.77. The number of aromatic nitrogens is 2. The van der Waals surface area contributed by atoms with E-state index in [9.17, 15) is 9.59 Å². The Morgan fingerprint density at radius 1 is 1.08 bits per heavy atom. The molecule has 3 aromatic rings. The fourth-order valence-electron chi connectivity index (χ4n) is 2.02. The normalized spacial score (nSPS) is 10.4. The van der Waals surface area contributed by atoms with Crippen molar-refractivity contribution in [3.63, 3.8) is 0 Å². The molecule has 1 heterocycles. The number of carbonyl (C=O) groups is 2. The van der Waals surface area contributed by atoms with Crippen LogP contribution in [0.4, 0.5) is 5.69 Å². The third kappa shape index (κ3) is 4.05. The first-order valence-corrected chi connectivity index (χ1v) is 8.14. The fraction of sp³-hybridized carbons (Fsp3) is 0.0588. The molecular formula is C17H12IN3O3. The molecular weight excluding hydrogens is 421 g/mol. The Kier molecular flexibility index (Phi) is 4.99. The minimum atomic E-state index is -0.689. The molecule has 0 unspecified atom stereocenters. The van der Waals surface area contributed by atoms with Gasteiger partial charge in [-0.25, -0.2) is 9.78 Å². The summed E-state index contributed by atoms with van der Waals surface area (Å²) in [7, 11) is 0. The zero-order valence-corrected chi connectivity index (χ0v) is 14.6. The Morgan fingerprint density at radius 3 is 2.67 bits per heavy atom. The molecule has 0 atom stereocenters. The van der Waals surface area contributed by atoms with Crippen LogP contribution in [0.3, 0.4) is 0 Å². The number of para-hydroxylation sites is 2. The Hall–Kier alpha value is -2.55. The summed E-state index contributed by atoms with van der Waals surface area (Å²) in [4.78, 5) is 32.2. The maximum atomic E-state index is 12.0. The number of fused-ring (bicyclic) bond motifs is 1. The van der Waals surface area contributed by atoms with Crippen molar-refractivity contribution in [1.82, 2.24) is 9.97 Å². The van der Waals surface area contributed by atoms with Crippen molar-refractivity contribution in [3.05, 3.63) is 64.0 Å². The second kappa shape index (κ2) is 7.35. The van der Waals surface area contributed by atoms with Gasteiger partial charge < -0.3 is 10.1 Å². The summed E-state index contributed by atoms with van der Waals surface area (Å²) < 4.78 is 5.98. The van der Waals surface area contributed by atoms with E-state index in [2.05, 4.69) is 37.9 Å². The van der Waals surface area contributed by atoms with E-state index in [-0.39, 0.29) is 5.69 Å². The van der Waals surface area contributed by atoms with Crippen molar-refractivity contribution >= 4 is 51.2 Å². The number of anilines is 1. The molecule has 3 rings (SSSR count). The molecule has 0 aliphatic rings. The summed E-state index contributed by atoms with van der Waals surface area (Å²) in [5, 5.41) is 2.66. The van der Waals surface area contributed by atoms with Crippen LogP contribution < -0.4 is 5.32 Å². The number of hydrogen-bond acceptors (Lipinski definition) is 5. The molecule has 0 radical (unpaired) electrons. The highest BCUT2D eigenvalue weighted by molar-refractivity contribution is 14.1. The molecule has 1 N–H and O–H groups in total. The van der Waals surface area contributed by atoms with E-state index in [0.29, 0.717) is 16.7 Å². The minimum Gasteiger partial charge on any atom is -0.451 e. The molecule has 0 aliphatic heterocycles. The van der Waals surface area contributed by atoms with Gasteiger partial charge in [-0.15, -0.1) is 0 Å². The highest BCUT2D eigenvalue weighted by Gasteiger charge is 2.13. The number of nitrogens with zero attached hydrogens (tertiary/aromatic N) is 2. The van der Waals surface area contributed by atoms with Crippen LogP contribution in [0.5, 0.6) is 0 Å². The van der Waals surface area contributed by atoms with Crippen molar-refractivity contribution < 1.29 is 14.3 Å². The van der Waals surface area contributed by atoms with Crippen LogP contribution in [0.25, 0.3) is 11.0 Å². The molecule has 0 spiro atoms. The summed E-state index contributed by atoms with van der Waals surface area (Å²) in [6.07, 6.45) is 1.34. The average molecular weight is 433 g/mol. The molecule has 1 aromatic heterocycles. The molecule has 0 bridgehead atoms. The Balaban J connectivity index is 1.60. The largest absolute Gasteiger partial charge is 0.451 e. The summed E-state index contributed by atoms with van der Waals surface area (Å²) in [6, 6.07) is 14.5. The van der Waals surface area contributed by atoms with Crippen LogP contribution in [0.15, 0.2) is 54.7 Å². The monoisotopic (exact) mass is 433 g/mol. The molecule has 1 amide bonds. The van der Waals surface area contributed by atoms with Crippen LogP contribution in [-0.4, -0.2) is 28.5 Å². The summed E-state index contributed by atoms with van der Waals surface area (Å²) in [5.41, 5.74) is 1.99. The summed E-state index contributed by atoms with van der Waals surface area (Å²) in [5.74, 6) is -1.11. The van der Waals surface area contributed by atoms with Crippen LogP contribution in [0.2, 0.25) is 0 Å². The quantitative estimate of drug-likeness (QED) is 0.506. The van der Waals surface area contributed by atoms with E-state index in [1.807, 2.05) is 24.3 Å². The van der Waals surface area contributed by atoms with Gasteiger partial charge in [0.05, 0.1) is 17.2 Å². The van der Waals surface area contributed by atoms with E-state index < -0.39 is 18.5 Å². The van der Waals surface area contributed by atoms with Gasteiger partial charge in [0.25, 0.3) is 5.91 Å². The first-order valence-electron chi connectivity index (χ1n) is 7.06. The highest BCUT2D eigenvalue weighted by Crippen LogP contribution is 2.12. The lowest BCUT2D eigenvalue weighted by Crippen LogP contribution is -2.21. The highest BCUT2D eigenvalue weighted by atomic mass is 127. The molecule has 2 aromatic carbocycles. The number of nitrogens with one attached hydrogen (secondary N) is 1. The number of rotatable bonds is 4. The molecule has 24 heavy (non-hydrogen) atoms. The minimum absolute atomic E-state index is 0.0655. The van der Waals surface area contributed by atoms with Crippen molar-refractivity contribution in [2.24, 2.45) is 0 Å². The van der Waals surface area contributed by atoms with Gasteiger partial charge >= 0.3 is 5.97 Å². The zero-order valence-electron chi connectivity index (χ0n) is 12.4. The van der Waals surface area contributed by atoms with Crippen molar-refractivity contribution in [2.75, 3.05) is 11.9 Å². The SMILES string of the molecule is O=C(COC(=O)c1cnc2ccccc2n1)Nc1cccc(I)c1. The van der Waals surface area contributed by atoms with Gasteiger partial charge in [-0.1, -0.05) is 18.2 Å². The average Bonchev–Trinajstić information content (AvgIpc) is 2.59. The third-order valence-electron chi connectivity index (χ3n) is 3.10. The standard InChI is InChI=1S/C17H12IN3O3/c18-11-4-3-5-12(8-11)20-16(22)10-24-17(23)15-9-19-13-6-1-2-7-14(13)21-15/h1-9H,10H2,(H,20,22). The number of hydrogen-bond donors (Lipinski definition) is 1. The summed E-state index contributed by atoms with van der Waals surface area (Å²) in [6.45, 7) is -0.390. The molecule has 0 fully saturated rings. The van der Waals surface area contributed by atoms with E-state index in [1.54, 1.807) is 24.3 Å². The molecule has 120 valence electrons. The van der Waals surface area contributed by atoms with Gasteiger partial charge in [-0.05, 0) is 52.9 Å². The maximum absolute atomic E-state index is 12.0. The smallest absolute Gasteiger partial charge is 0.359 e. The van der Waals surface area contributed by atoms with E-state index in [4.69, 9.17) is 4.74 Å². The van der Waals surface area contributed by atoms with Crippen LogP contribution in [0.1, 0.15) is 10.5 Å². The Morgan fingerprint density at radius 2 is 1.88 bits per heavy atom. The molecule has 0 saturated carbocycles. The maximum Gasteiger partial charge on any atom is 0.359 e. The topological polar surface area (TPSA) is 81.2 Å². The predicted molar refractivity (Wildman–Crippen MR) is 97.6 cm³/mol. The van der Waals surface area contributed by atoms with E-state index in [1.165, 1.54) is 6.20 Å². The summed E-state index contributed by atoms with van der Waals surface area (Å²) >= 11 is 2.15. The number of carbonyl (C=O) groups excluding carboxylic acids is 2. The first kappa shape index (κ1) is 16.3. The van der Waals surface area contributed by atoms with Gasteiger partial charge in [0.15, 0.2) is 12.3 Å². The van der Waals surface area contributed by atoms with Gasteiger partial charge in [-0.3, -0.25) is 9.78 Å². The molecule has 7 heteroatoms. The van der Waals surface area contributed by atoms with Crippen LogP contribution >= 0.6 is 22.6 Å². The number of amides is 1. The number of ether oxygens (including phenoxy) is 1. The number of benzene rings is 2. The second-order valence-corrected chi connectivity index (χ2v) is 6.12. The molecule has 0 aliphatic carbocycles. The lowest BCUT2D eigenvalue weighted by Gasteiger charge is -2.07. The van der Waals surface area contributed by atoms with Crippen molar-refractivity contribution in [1.29, 1.82) is 0 Å². The van der Waals surface area contributed by atoms with Crippen molar-refractivity contribution in [3.8, 4) is 0 Å². The zero-order chi connectivity index (χ0) is 16.9. The lowest BCUT2D eigenvalue weighted by molar-refractivity contribution is -0.119. The van der Waals surface area contributed by atoms with E-state index in [0.717, 1.165) is 3.57 Å². The van der Waals surface area contributed by atoms with Gasteiger partial charge in [0, 0.05) is 9.26 Å². The van der Waals surface area contributed by atoms with Gasteiger partial charge in [0.2, 0.25) is 0 Å². The van der Waals surface area contributed by atoms with Gasteiger partial charge in [-0.2, -0.15) is 0 Å². The molecule has 0 saturated heterocycles. The number of halogens is 1.